The second kappa shape index (κ2) is 10.3. The molecule has 1 amide bonds. The zero-order chi connectivity index (χ0) is 24.0. The minimum atomic E-state index is -3.48. The fraction of sp³-hybridized carbons (Fsp3) is 0.261. The molecule has 0 atom stereocenters. The maximum atomic E-state index is 13.2. The predicted molar refractivity (Wildman–Crippen MR) is 129 cm³/mol. The first kappa shape index (κ1) is 24.0. The van der Waals surface area contributed by atoms with Crippen molar-refractivity contribution in [1.82, 2.24) is 0 Å². The molecule has 0 aromatic heterocycles. The van der Waals surface area contributed by atoms with E-state index in [0.717, 1.165) is 23.9 Å². The van der Waals surface area contributed by atoms with E-state index in [9.17, 15) is 18.0 Å². The van der Waals surface area contributed by atoms with Gasteiger partial charge in [0.15, 0.2) is 0 Å². The average molecular weight is 471 g/mol. The van der Waals surface area contributed by atoms with Crippen molar-refractivity contribution in [2.24, 2.45) is 5.10 Å². The Bertz CT molecular complexity index is 1220. The van der Waals surface area contributed by atoms with Crippen molar-refractivity contribution in [3.63, 3.8) is 0 Å². The Hall–Kier alpha value is -3.66. The lowest BCUT2D eigenvalue weighted by Crippen LogP contribution is -2.22. The summed E-state index contributed by atoms with van der Waals surface area (Å²) >= 11 is 0. The van der Waals surface area contributed by atoms with Crippen LogP contribution < -0.4 is 15.0 Å². The SMILES string of the molecule is CCc1ccccc1N/C=C1/C(=O)N(c2cccc(NS(C)(=O)=O)c2)N=C1CCCC(=O)O. The van der Waals surface area contributed by atoms with Crippen molar-refractivity contribution >= 4 is 44.7 Å². The van der Waals surface area contributed by atoms with Crippen molar-refractivity contribution < 1.29 is 23.1 Å². The topological polar surface area (TPSA) is 128 Å². The number of aryl methyl sites for hydroxylation is 1. The molecule has 174 valence electrons. The summed E-state index contributed by atoms with van der Waals surface area (Å²) < 4.78 is 25.5. The number of carbonyl (C=O) groups is 2. The van der Waals surface area contributed by atoms with Crippen LogP contribution >= 0.6 is 0 Å². The number of anilines is 3. The normalized spacial score (nSPS) is 15.0. The van der Waals surface area contributed by atoms with Gasteiger partial charge in [0.2, 0.25) is 10.0 Å². The van der Waals surface area contributed by atoms with E-state index in [1.807, 2.05) is 31.2 Å². The third kappa shape index (κ3) is 6.42. The van der Waals surface area contributed by atoms with E-state index in [0.29, 0.717) is 35.5 Å². The van der Waals surface area contributed by atoms with Gasteiger partial charge in [-0.3, -0.25) is 14.3 Å². The number of hydrazone groups is 1. The number of carboxylic acids is 1. The number of sulfonamides is 1. The summed E-state index contributed by atoms with van der Waals surface area (Å²) in [5, 5.41) is 17.8. The number of hydrogen-bond donors (Lipinski definition) is 3. The summed E-state index contributed by atoms with van der Waals surface area (Å²) in [5.74, 6) is -1.31. The van der Waals surface area contributed by atoms with Gasteiger partial charge < -0.3 is 10.4 Å². The molecule has 0 bridgehead atoms. The number of amides is 1. The standard InChI is InChI=1S/C23H26N4O5S/c1-3-16-8-4-5-11-20(16)24-15-19-21(12-7-13-22(28)29)25-27(23(19)30)18-10-6-9-17(14-18)26-33(2,31)32/h4-6,8-11,14-15,24,26H,3,7,12-13H2,1-2H3,(H,28,29)/b19-15+. The number of rotatable bonds is 10. The number of nitrogens with one attached hydrogen (secondary N) is 2. The maximum Gasteiger partial charge on any atom is 0.303 e. The van der Waals surface area contributed by atoms with Gasteiger partial charge in [-0.25, -0.2) is 8.42 Å². The Morgan fingerprint density at radius 3 is 2.64 bits per heavy atom. The molecule has 3 rings (SSSR count). The maximum absolute atomic E-state index is 13.2. The van der Waals surface area contributed by atoms with Gasteiger partial charge >= 0.3 is 5.97 Å². The highest BCUT2D eigenvalue weighted by atomic mass is 32.2. The van der Waals surface area contributed by atoms with Crippen LogP contribution in [0, 0.1) is 0 Å². The molecule has 1 aliphatic rings. The number of hydrogen-bond acceptors (Lipinski definition) is 6. The van der Waals surface area contributed by atoms with Crippen LogP contribution in [-0.4, -0.2) is 37.4 Å². The van der Waals surface area contributed by atoms with Gasteiger partial charge in [-0.15, -0.1) is 0 Å². The molecule has 9 nitrogen and oxygen atoms in total. The van der Waals surface area contributed by atoms with E-state index < -0.39 is 21.9 Å². The summed E-state index contributed by atoms with van der Waals surface area (Å²) in [5.41, 5.74) is 3.43. The molecule has 2 aromatic carbocycles. The van der Waals surface area contributed by atoms with Crippen molar-refractivity contribution in [3.05, 3.63) is 65.9 Å². The number of aliphatic carboxylic acids is 1. The van der Waals surface area contributed by atoms with Crippen LogP contribution in [0.3, 0.4) is 0 Å². The molecular formula is C23H26N4O5S. The van der Waals surface area contributed by atoms with E-state index in [2.05, 4.69) is 15.1 Å². The summed E-state index contributed by atoms with van der Waals surface area (Å²) in [4.78, 5) is 24.2. The molecule has 0 aliphatic carbocycles. The van der Waals surface area contributed by atoms with Crippen molar-refractivity contribution in [1.29, 1.82) is 0 Å². The lowest BCUT2D eigenvalue weighted by atomic mass is 10.1. The first-order valence-corrected chi connectivity index (χ1v) is 12.3. The Balaban J connectivity index is 1.91. The zero-order valence-electron chi connectivity index (χ0n) is 18.4. The molecule has 0 saturated heterocycles. The summed E-state index contributed by atoms with van der Waals surface area (Å²) in [7, 11) is -3.48. The second-order valence-corrected chi connectivity index (χ2v) is 9.30. The Morgan fingerprint density at radius 2 is 1.94 bits per heavy atom. The zero-order valence-corrected chi connectivity index (χ0v) is 19.2. The van der Waals surface area contributed by atoms with Crippen molar-refractivity contribution in [2.45, 2.75) is 32.6 Å². The van der Waals surface area contributed by atoms with Gasteiger partial charge in [-0.1, -0.05) is 31.2 Å². The number of carbonyl (C=O) groups excluding carboxylic acids is 1. The van der Waals surface area contributed by atoms with E-state index in [4.69, 9.17) is 5.11 Å². The van der Waals surface area contributed by atoms with Crippen molar-refractivity contribution in [3.8, 4) is 0 Å². The van der Waals surface area contributed by atoms with E-state index in [-0.39, 0.29) is 6.42 Å². The minimum Gasteiger partial charge on any atom is -0.481 e. The van der Waals surface area contributed by atoms with Gasteiger partial charge in [0.1, 0.15) is 0 Å². The molecule has 1 heterocycles. The molecule has 10 heteroatoms. The number of para-hydroxylation sites is 1. The molecule has 1 aliphatic heterocycles. The van der Waals surface area contributed by atoms with Gasteiger partial charge in [0, 0.05) is 18.3 Å². The number of benzene rings is 2. The van der Waals surface area contributed by atoms with Crippen LogP contribution in [0.2, 0.25) is 0 Å². The molecule has 2 aromatic rings. The third-order valence-corrected chi connectivity index (χ3v) is 5.53. The molecular weight excluding hydrogens is 444 g/mol. The number of nitrogens with zero attached hydrogens (tertiary/aromatic N) is 2. The van der Waals surface area contributed by atoms with Gasteiger partial charge in [0.25, 0.3) is 5.91 Å². The summed E-state index contributed by atoms with van der Waals surface area (Å²) in [6, 6.07) is 14.1. The first-order valence-electron chi connectivity index (χ1n) is 10.4. The van der Waals surface area contributed by atoms with Crippen LogP contribution in [-0.2, 0) is 26.0 Å². The largest absolute Gasteiger partial charge is 0.481 e. The lowest BCUT2D eigenvalue weighted by molar-refractivity contribution is -0.137. The highest BCUT2D eigenvalue weighted by molar-refractivity contribution is 7.92. The monoisotopic (exact) mass is 470 g/mol. The van der Waals surface area contributed by atoms with Gasteiger partial charge in [0.05, 0.1) is 28.9 Å². The first-order chi connectivity index (χ1) is 15.7. The second-order valence-electron chi connectivity index (χ2n) is 7.55. The fourth-order valence-corrected chi connectivity index (χ4v) is 3.96. The quantitative estimate of drug-likeness (QED) is 0.456. The Labute approximate surface area is 192 Å². The molecule has 3 N–H and O–H groups in total. The van der Waals surface area contributed by atoms with E-state index >= 15 is 0 Å². The third-order valence-electron chi connectivity index (χ3n) is 4.92. The fourth-order valence-electron chi connectivity index (χ4n) is 3.40. The summed E-state index contributed by atoms with van der Waals surface area (Å²) in [6.07, 6.45) is 4.04. The number of carboxylic acid groups (broad SMARTS) is 1. The smallest absolute Gasteiger partial charge is 0.303 e. The highest BCUT2D eigenvalue weighted by Crippen LogP contribution is 2.28. The minimum absolute atomic E-state index is 0.0413. The molecule has 0 unspecified atom stereocenters. The molecule has 0 radical (unpaired) electrons. The molecule has 0 fully saturated rings. The van der Waals surface area contributed by atoms with Gasteiger partial charge in [-0.2, -0.15) is 10.1 Å². The van der Waals surface area contributed by atoms with Crippen LogP contribution in [0.4, 0.5) is 17.1 Å². The van der Waals surface area contributed by atoms with Crippen molar-refractivity contribution in [2.75, 3.05) is 21.3 Å². The molecule has 0 spiro atoms. The average Bonchev–Trinajstić information content (AvgIpc) is 3.06. The summed E-state index contributed by atoms with van der Waals surface area (Å²) in [6.45, 7) is 2.03. The van der Waals surface area contributed by atoms with Crippen LogP contribution in [0.5, 0.6) is 0 Å². The van der Waals surface area contributed by atoms with E-state index in [1.165, 1.54) is 11.1 Å². The van der Waals surface area contributed by atoms with Crippen LogP contribution in [0.1, 0.15) is 31.7 Å². The van der Waals surface area contributed by atoms with E-state index in [1.54, 1.807) is 24.4 Å². The highest BCUT2D eigenvalue weighted by Gasteiger charge is 2.31. The van der Waals surface area contributed by atoms with Gasteiger partial charge in [-0.05, 0) is 49.1 Å². The Kier molecular flexibility index (Phi) is 7.49. The Morgan fingerprint density at radius 1 is 1.18 bits per heavy atom. The van der Waals surface area contributed by atoms with Crippen LogP contribution in [0.25, 0.3) is 0 Å². The predicted octanol–water partition coefficient (Wildman–Crippen LogP) is 3.57. The molecule has 33 heavy (non-hydrogen) atoms. The molecule has 0 saturated carbocycles. The lowest BCUT2D eigenvalue weighted by Gasteiger charge is -2.13. The van der Waals surface area contributed by atoms with Crippen LogP contribution in [0.15, 0.2) is 65.4 Å².